The first-order valence-electron chi connectivity index (χ1n) is 5.51. The third kappa shape index (κ3) is 2.62. The first-order valence-corrected chi connectivity index (χ1v) is 10.1. The molecule has 4 atom stereocenters. The van der Waals surface area contributed by atoms with Crippen molar-refractivity contribution in [1.29, 1.82) is 0 Å². The Morgan fingerprint density at radius 2 is 0.929 bits per heavy atom. The summed E-state index contributed by atoms with van der Waals surface area (Å²) in [5, 5.41) is 0. The van der Waals surface area contributed by atoms with Crippen LogP contribution in [0.4, 0.5) is 0 Å². The molecule has 0 N–H and O–H groups in total. The van der Waals surface area contributed by atoms with Crippen LogP contribution in [0.25, 0.3) is 0 Å². The molecule has 0 aromatic heterocycles. The molecule has 80 valence electrons. The number of hydrogen-bond acceptors (Lipinski definition) is 2. The van der Waals surface area contributed by atoms with E-state index in [9.17, 15) is 9.59 Å². The van der Waals surface area contributed by atoms with Crippen molar-refractivity contribution in [3.63, 3.8) is 0 Å². The van der Waals surface area contributed by atoms with Gasteiger partial charge in [-0.05, 0) is 12.8 Å². The van der Waals surface area contributed by atoms with E-state index in [2.05, 4.69) is 0 Å². The Labute approximate surface area is 97.3 Å². The summed E-state index contributed by atoms with van der Waals surface area (Å²) in [5.74, 6) is 0.995. The highest BCUT2D eigenvalue weighted by molar-refractivity contribution is 6.38. The SMILES string of the molecule is O=C1C([SiH3])CC([SiH3])C(=O)C([SiH3])CC1[SiH3]. The van der Waals surface area contributed by atoms with Crippen LogP contribution in [0.3, 0.4) is 0 Å². The molecule has 0 aromatic rings. The van der Waals surface area contributed by atoms with E-state index in [-0.39, 0.29) is 22.2 Å². The summed E-state index contributed by atoms with van der Waals surface area (Å²) in [6, 6.07) is 0. The predicted octanol–water partition coefficient (Wildman–Crippen LogP) is -3.47. The average molecular weight is 261 g/mol. The standard InChI is InChI=1S/C8H20O2Si4/c9-7-3(11)1-4(12)8(10)6(14)2-5(7)13/h3-6H,1-2H2,11-14H3. The molecular formula is C8H20O2Si4. The number of carbonyl (C=O) groups excluding carboxylic acids is 2. The minimum atomic E-state index is 0.276. The third-order valence-corrected chi connectivity index (χ3v) is 7.52. The molecule has 1 rings (SSSR count). The second kappa shape index (κ2) is 4.82. The highest BCUT2D eigenvalue weighted by atomic mass is 28.2. The van der Waals surface area contributed by atoms with Crippen LogP contribution in [0.2, 0.25) is 22.2 Å². The topological polar surface area (TPSA) is 34.1 Å². The van der Waals surface area contributed by atoms with Gasteiger partial charge in [-0.3, -0.25) is 9.59 Å². The van der Waals surface area contributed by atoms with Crippen molar-refractivity contribution in [2.75, 3.05) is 0 Å². The van der Waals surface area contributed by atoms with Gasteiger partial charge in [0.15, 0.2) is 0 Å². The summed E-state index contributed by atoms with van der Waals surface area (Å²) >= 11 is 0. The maximum atomic E-state index is 11.9. The van der Waals surface area contributed by atoms with E-state index in [1.807, 2.05) is 0 Å². The lowest BCUT2D eigenvalue weighted by molar-refractivity contribution is -0.122. The molecule has 2 nitrogen and oxygen atoms in total. The van der Waals surface area contributed by atoms with Crippen LogP contribution in [0.15, 0.2) is 0 Å². The zero-order valence-electron chi connectivity index (χ0n) is 9.54. The van der Waals surface area contributed by atoms with Gasteiger partial charge in [0, 0.05) is 63.1 Å². The van der Waals surface area contributed by atoms with Gasteiger partial charge in [0.2, 0.25) is 0 Å². The van der Waals surface area contributed by atoms with E-state index in [0.29, 0.717) is 11.6 Å². The Kier molecular flexibility index (Phi) is 4.23. The quantitative estimate of drug-likeness (QED) is 0.424. The molecular weight excluding hydrogens is 240 g/mol. The van der Waals surface area contributed by atoms with Crippen LogP contribution in [0.5, 0.6) is 0 Å². The summed E-state index contributed by atoms with van der Waals surface area (Å²) in [6.45, 7) is 0. The molecule has 14 heavy (non-hydrogen) atoms. The second-order valence-electron chi connectivity index (χ2n) is 4.88. The normalized spacial score (nSPS) is 41.4. The van der Waals surface area contributed by atoms with Crippen LogP contribution in [0.1, 0.15) is 12.8 Å². The zero-order valence-corrected chi connectivity index (χ0v) is 17.5. The van der Waals surface area contributed by atoms with Gasteiger partial charge in [-0.15, -0.1) is 0 Å². The molecule has 0 aliphatic heterocycles. The molecule has 1 fully saturated rings. The number of hydrogen-bond donors (Lipinski definition) is 0. The maximum absolute atomic E-state index is 11.9. The van der Waals surface area contributed by atoms with E-state index < -0.39 is 0 Å². The van der Waals surface area contributed by atoms with Crippen LogP contribution in [0, 0.1) is 0 Å². The maximum Gasteiger partial charge on any atom is 0.131 e. The number of carbonyl (C=O) groups is 2. The summed E-state index contributed by atoms with van der Waals surface area (Å²) in [7, 11) is 3.78. The van der Waals surface area contributed by atoms with Crippen molar-refractivity contribution >= 4 is 52.5 Å². The first-order chi connectivity index (χ1) is 6.43. The van der Waals surface area contributed by atoms with E-state index in [1.54, 1.807) is 0 Å². The lowest BCUT2D eigenvalue weighted by Gasteiger charge is -2.27. The molecule has 0 saturated heterocycles. The highest BCUT2D eigenvalue weighted by Crippen LogP contribution is 2.34. The minimum absolute atomic E-state index is 0.276. The van der Waals surface area contributed by atoms with Crippen molar-refractivity contribution in [3.05, 3.63) is 0 Å². The van der Waals surface area contributed by atoms with Gasteiger partial charge in [-0.1, -0.05) is 0 Å². The van der Waals surface area contributed by atoms with Gasteiger partial charge in [0.25, 0.3) is 0 Å². The minimum Gasteiger partial charge on any atom is -0.300 e. The lowest BCUT2D eigenvalue weighted by atomic mass is 9.96. The average Bonchev–Trinajstić information content (AvgIpc) is 2.13. The van der Waals surface area contributed by atoms with Crippen molar-refractivity contribution in [2.24, 2.45) is 0 Å². The van der Waals surface area contributed by atoms with Gasteiger partial charge in [0.1, 0.15) is 11.6 Å². The fourth-order valence-electron chi connectivity index (χ4n) is 2.50. The van der Waals surface area contributed by atoms with Gasteiger partial charge < -0.3 is 0 Å². The smallest absolute Gasteiger partial charge is 0.131 e. The van der Waals surface area contributed by atoms with E-state index in [1.165, 1.54) is 0 Å². The summed E-state index contributed by atoms with van der Waals surface area (Å²) in [5.41, 5.74) is 1.10. The monoisotopic (exact) mass is 260 g/mol. The number of rotatable bonds is 0. The zero-order chi connectivity index (χ0) is 10.9. The number of ketones is 2. The van der Waals surface area contributed by atoms with Crippen molar-refractivity contribution in [2.45, 2.75) is 35.0 Å². The Hall–Kier alpha value is 0.208. The van der Waals surface area contributed by atoms with E-state index in [4.69, 9.17) is 0 Å². The van der Waals surface area contributed by atoms with E-state index in [0.717, 1.165) is 53.8 Å². The van der Waals surface area contributed by atoms with Crippen molar-refractivity contribution in [3.8, 4) is 0 Å². The fourth-order valence-corrected chi connectivity index (χ4v) is 10.8. The Bertz CT molecular complexity index is 210. The van der Waals surface area contributed by atoms with Crippen LogP contribution in [-0.4, -0.2) is 52.5 Å². The molecule has 1 aliphatic carbocycles. The van der Waals surface area contributed by atoms with Crippen LogP contribution < -0.4 is 0 Å². The molecule has 0 spiro atoms. The molecule has 4 unspecified atom stereocenters. The summed E-state index contributed by atoms with van der Waals surface area (Å²) in [6.07, 6.45) is 1.79. The highest BCUT2D eigenvalue weighted by Gasteiger charge is 2.31. The van der Waals surface area contributed by atoms with Crippen LogP contribution >= 0.6 is 0 Å². The fraction of sp³-hybridized carbons (Fsp3) is 0.750. The van der Waals surface area contributed by atoms with Gasteiger partial charge in [-0.2, -0.15) is 0 Å². The van der Waals surface area contributed by atoms with Gasteiger partial charge in [-0.25, -0.2) is 0 Å². The predicted molar refractivity (Wildman–Crippen MR) is 74.0 cm³/mol. The molecule has 0 aromatic carbocycles. The second-order valence-corrected chi connectivity index (χ2v) is 10.5. The Morgan fingerprint density at radius 1 is 0.714 bits per heavy atom. The molecule has 0 bridgehead atoms. The van der Waals surface area contributed by atoms with Crippen molar-refractivity contribution < 1.29 is 9.59 Å². The molecule has 1 saturated carbocycles. The Balaban J connectivity index is 2.81. The first kappa shape index (κ1) is 12.3. The van der Waals surface area contributed by atoms with Gasteiger partial charge >= 0.3 is 0 Å². The third-order valence-electron chi connectivity index (χ3n) is 3.36. The molecule has 0 amide bonds. The summed E-state index contributed by atoms with van der Waals surface area (Å²) in [4.78, 5) is 23.8. The Morgan fingerprint density at radius 3 is 1.14 bits per heavy atom. The largest absolute Gasteiger partial charge is 0.300 e. The lowest BCUT2D eigenvalue weighted by Crippen LogP contribution is -2.27. The van der Waals surface area contributed by atoms with E-state index >= 15 is 0 Å². The molecule has 1 aliphatic rings. The number of Topliss-reactive ketones (excluding diaryl/α,β-unsaturated/α-hetero) is 2. The molecule has 0 radical (unpaired) electrons. The van der Waals surface area contributed by atoms with Crippen molar-refractivity contribution in [1.82, 2.24) is 0 Å². The summed E-state index contributed by atoms with van der Waals surface area (Å²) < 4.78 is 0. The molecule has 6 heteroatoms. The molecule has 0 heterocycles. The van der Waals surface area contributed by atoms with Gasteiger partial charge in [0.05, 0.1) is 0 Å². The van der Waals surface area contributed by atoms with Crippen LogP contribution in [-0.2, 0) is 9.59 Å².